The van der Waals surface area contributed by atoms with E-state index in [1.807, 2.05) is 0 Å². The third-order valence-corrected chi connectivity index (χ3v) is 3.11. The molecule has 0 aromatic heterocycles. The molecule has 1 atom stereocenters. The van der Waals surface area contributed by atoms with Crippen LogP contribution in [0.5, 0.6) is 0 Å². The molecule has 1 N–H and O–H groups in total. The maximum absolute atomic E-state index is 3.46. The van der Waals surface area contributed by atoms with Crippen molar-refractivity contribution >= 4 is 0 Å². The molecule has 0 radical (unpaired) electrons. The second-order valence-electron chi connectivity index (χ2n) is 4.50. The maximum Gasteiger partial charge on any atom is 0.00386 e. The molecule has 0 aromatic rings. The molecule has 2 nitrogen and oxygen atoms in total. The van der Waals surface area contributed by atoms with Gasteiger partial charge in [0.15, 0.2) is 0 Å². The van der Waals surface area contributed by atoms with Crippen molar-refractivity contribution in [2.75, 3.05) is 26.2 Å². The molecule has 0 spiro atoms. The third kappa shape index (κ3) is 4.97. The average molecular weight is 198 g/mol. The van der Waals surface area contributed by atoms with Gasteiger partial charge >= 0.3 is 0 Å². The molecule has 1 fully saturated rings. The predicted octanol–water partition coefficient (Wildman–Crippen LogP) is 2.25. The zero-order chi connectivity index (χ0) is 10.2. The summed E-state index contributed by atoms with van der Waals surface area (Å²) in [7, 11) is 0. The fourth-order valence-corrected chi connectivity index (χ4v) is 2.24. The van der Waals surface area contributed by atoms with E-state index in [-0.39, 0.29) is 0 Å². The number of likely N-dealkylation sites (tertiary alicyclic amines) is 1. The molecule has 1 aliphatic rings. The Morgan fingerprint density at radius 1 is 1.21 bits per heavy atom. The van der Waals surface area contributed by atoms with Gasteiger partial charge in [0.1, 0.15) is 0 Å². The summed E-state index contributed by atoms with van der Waals surface area (Å²) in [4.78, 5) is 2.61. The number of hydrogen-bond acceptors (Lipinski definition) is 2. The van der Waals surface area contributed by atoms with Crippen LogP contribution < -0.4 is 5.32 Å². The van der Waals surface area contributed by atoms with Crippen molar-refractivity contribution in [2.45, 2.75) is 52.0 Å². The topological polar surface area (TPSA) is 15.3 Å². The zero-order valence-corrected chi connectivity index (χ0v) is 9.89. The van der Waals surface area contributed by atoms with Gasteiger partial charge in [0, 0.05) is 6.04 Å². The molecule has 1 rings (SSSR count). The van der Waals surface area contributed by atoms with Gasteiger partial charge in [-0.1, -0.05) is 13.3 Å². The molecule has 1 saturated heterocycles. The van der Waals surface area contributed by atoms with Gasteiger partial charge in [-0.3, -0.25) is 0 Å². The Morgan fingerprint density at radius 2 is 1.93 bits per heavy atom. The van der Waals surface area contributed by atoms with E-state index in [4.69, 9.17) is 0 Å². The van der Waals surface area contributed by atoms with E-state index in [2.05, 4.69) is 24.1 Å². The van der Waals surface area contributed by atoms with Crippen LogP contribution in [0.15, 0.2) is 0 Å². The van der Waals surface area contributed by atoms with Crippen LogP contribution in [0.4, 0.5) is 0 Å². The molecule has 1 aliphatic heterocycles. The third-order valence-electron chi connectivity index (χ3n) is 3.11. The number of nitrogens with one attached hydrogen (secondary N) is 1. The molecule has 0 saturated carbocycles. The molecule has 0 aliphatic carbocycles. The molecule has 1 unspecified atom stereocenters. The Balaban J connectivity index is 1.88. The monoisotopic (exact) mass is 198 g/mol. The Kier molecular flexibility index (Phi) is 6.20. The number of hydrogen-bond donors (Lipinski definition) is 1. The highest BCUT2D eigenvalue weighted by atomic mass is 15.1. The van der Waals surface area contributed by atoms with E-state index < -0.39 is 0 Å². The van der Waals surface area contributed by atoms with Crippen molar-refractivity contribution in [1.82, 2.24) is 10.2 Å². The lowest BCUT2D eigenvalue weighted by Gasteiger charge is -2.15. The Morgan fingerprint density at radius 3 is 2.57 bits per heavy atom. The first-order valence-corrected chi connectivity index (χ1v) is 6.28. The molecule has 2 heteroatoms. The lowest BCUT2D eigenvalue weighted by molar-refractivity contribution is 0.325. The lowest BCUT2D eigenvalue weighted by Crippen LogP contribution is -2.26. The molecule has 0 bridgehead atoms. The van der Waals surface area contributed by atoms with Crippen molar-refractivity contribution in [3.63, 3.8) is 0 Å². The van der Waals surface area contributed by atoms with Crippen molar-refractivity contribution < 1.29 is 0 Å². The first-order chi connectivity index (χ1) is 6.83. The molecule has 1 heterocycles. The van der Waals surface area contributed by atoms with E-state index in [9.17, 15) is 0 Å². The van der Waals surface area contributed by atoms with Crippen molar-refractivity contribution in [3.05, 3.63) is 0 Å². The van der Waals surface area contributed by atoms with Crippen LogP contribution in [0.2, 0.25) is 0 Å². The van der Waals surface area contributed by atoms with E-state index in [1.165, 1.54) is 51.7 Å². The Hall–Kier alpha value is -0.0800. The van der Waals surface area contributed by atoms with Gasteiger partial charge in [0.05, 0.1) is 0 Å². The fraction of sp³-hybridized carbons (Fsp3) is 1.00. The Labute approximate surface area is 89.1 Å². The number of unbranched alkanes of at least 4 members (excludes halogenated alkanes) is 1. The first kappa shape index (κ1) is 12.0. The van der Waals surface area contributed by atoms with Gasteiger partial charge in [0.25, 0.3) is 0 Å². The highest BCUT2D eigenvalue weighted by molar-refractivity contribution is 4.66. The van der Waals surface area contributed by atoms with E-state index in [1.54, 1.807) is 0 Å². The second kappa shape index (κ2) is 7.24. The van der Waals surface area contributed by atoms with Gasteiger partial charge in [-0.2, -0.15) is 0 Å². The first-order valence-electron chi connectivity index (χ1n) is 6.28. The Bertz CT molecular complexity index is 130. The smallest absolute Gasteiger partial charge is 0.00386 e. The van der Waals surface area contributed by atoms with Crippen molar-refractivity contribution in [3.8, 4) is 0 Å². The van der Waals surface area contributed by atoms with E-state index in [0.29, 0.717) is 6.04 Å². The molecular weight excluding hydrogens is 172 g/mol. The summed E-state index contributed by atoms with van der Waals surface area (Å²) < 4.78 is 0. The minimum absolute atomic E-state index is 0.707. The zero-order valence-electron chi connectivity index (χ0n) is 9.89. The van der Waals surface area contributed by atoms with Crippen LogP contribution in [-0.4, -0.2) is 37.1 Å². The molecule has 14 heavy (non-hydrogen) atoms. The summed E-state index contributed by atoms with van der Waals surface area (Å²) >= 11 is 0. The summed E-state index contributed by atoms with van der Waals surface area (Å²) in [6, 6.07) is 0.707. The van der Waals surface area contributed by atoms with E-state index in [0.717, 1.165) is 6.54 Å². The summed E-state index contributed by atoms with van der Waals surface area (Å²) in [5.41, 5.74) is 0. The summed E-state index contributed by atoms with van der Waals surface area (Å²) in [5.74, 6) is 0. The van der Waals surface area contributed by atoms with Gasteiger partial charge < -0.3 is 10.2 Å². The van der Waals surface area contributed by atoms with E-state index >= 15 is 0 Å². The SMILES string of the molecule is CCNC(C)CCCCN1CCCC1. The molecule has 0 amide bonds. The van der Waals surface area contributed by atoms with Crippen LogP contribution >= 0.6 is 0 Å². The highest BCUT2D eigenvalue weighted by Crippen LogP contribution is 2.09. The van der Waals surface area contributed by atoms with Gasteiger partial charge in [0.2, 0.25) is 0 Å². The van der Waals surface area contributed by atoms with Crippen LogP contribution in [0.25, 0.3) is 0 Å². The van der Waals surface area contributed by atoms with Gasteiger partial charge in [-0.05, 0) is 58.8 Å². The minimum atomic E-state index is 0.707. The van der Waals surface area contributed by atoms with Crippen LogP contribution in [0, 0.1) is 0 Å². The summed E-state index contributed by atoms with van der Waals surface area (Å²) in [6.07, 6.45) is 6.95. The van der Waals surface area contributed by atoms with Crippen molar-refractivity contribution in [1.29, 1.82) is 0 Å². The summed E-state index contributed by atoms with van der Waals surface area (Å²) in [5, 5.41) is 3.46. The highest BCUT2D eigenvalue weighted by Gasteiger charge is 2.10. The molecule has 84 valence electrons. The summed E-state index contributed by atoms with van der Waals surface area (Å²) in [6.45, 7) is 9.61. The number of nitrogens with zero attached hydrogens (tertiary/aromatic N) is 1. The van der Waals surface area contributed by atoms with Crippen molar-refractivity contribution in [2.24, 2.45) is 0 Å². The van der Waals surface area contributed by atoms with Gasteiger partial charge in [-0.25, -0.2) is 0 Å². The lowest BCUT2D eigenvalue weighted by atomic mass is 10.1. The van der Waals surface area contributed by atoms with Gasteiger partial charge in [-0.15, -0.1) is 0 Å². The minimum Gasteiger partial charge on any atom is -0.315 e. The van der Waals surface area contributed by atoms with Crippen LogP contribution in [0.1, 0.15) is 46.0 Å². The predicted molar refractivity (Wildman–Crippen MR) is 62.7 cm³/mol. The molecular formula is C12H26N2. The standard InChI is InChI=1S/C12H26N2/c1-3-13-12(2)8-4-5-9-14-10-6-7-11-14/h12-13H,3-11H2,1-2H3. The number of rotatable bonds is 7. The van der Waals surface area contributed by atoms with Crippen LogP contribution in [-0.2, 0) is 0 Å². The largest absolute Gasteiger partial charge is 0.315 e. The second-order valence-corrected chi connectivity index (χ2v) is 4.50. The molecule has 0 aromatic carbocycles. The van der Waals surface area contributed by atoms with Crippen LogP contribution in [0.3, 0.4) is 0 Å². The fourth-order valence-electron chi connectivity index (χ4n) is 2.24. The normalized spacial score (nSPS) is 20.1. The average Bonchev–Trinajstić information content (AvgIpc) is 2.65. The quantitative estimate of drug-likeness (QED) is 0.631. The maximum atomic E-state index is 3.46.